The first-order chi connectivity index (χ1) is 10.6. The number of rotatable bonds is 6. The number of halogens is 1. The number of sulfone groups is 1. The molecule has 0 unspecified atom stereocenters. The van der Waals surface area contributed by atoms with Gasteiger partial charge < -0.3 is 15.4 Å². The molecule has 0 aromatic heterocycles. The summed E-state index contributed by atoms with van der Waals surface area (Å²) in [4.78, 5) is 4.53. The third-order valence-corrected chi connectivity index (χ3v) is 4.81. The van der Waals surface area contributed by atoms with Crippen molar-refractivity contribution in [1.82, 2.24) is 10.6 Å². The molecule has 138 valence electrons. The summed E-state index contributed by atoms with van der Waals surface area (Å²) in [7, 11) is 0.188. The minimum absolute atomic E-state index is 0. The van der Waals surface area contributed by atoms with Crippen LogP contribution in [-0.2, 0) is 21.1 Å². The number of nitrogens with zero attached hydrogens (tertiary/aromatic N) is 1. The predicted molar refractivity (Wildman–Crippen MR) is 109 cm³/mol. The Labute approximate surface area is 162 Å². The van der Waals surface area contributed by atoms with Crippen molar-refractivity contribution in [2.24, 2.45) is 4.99 Å². The standard InChI is InChI=1S/C16H27N3O3S.HI/c1-12-9-13(7-8-14(12)23(6,20)21)10-18-15(17-4)19-11-16(2,3)22-5;/h7-9H,10-11H2,1-6H3,(H2,17,18,19);1H. The van der Waals surface area contributed by atoms with E-state index in [1.165, 1.54) is 6.26 Å². The summed E-state index contributed by atoms with van der Waals surface area (Å²) >= 11 is 0. The van der Waals surface area contributed by atoms with Crippen molar-refractivity contribution >= 4 is 39.8 Å². The van der Waals surface area contributed by atoms with E-state index >= 15 is 0 Å². The van der Waals surface area contributed by atoms with E-state index in [0.717, 1.165) is 11.1 Å². The van der Waals surface area contributed by atoms with Crippen LogP contribution in [0.4, 0.5) is 0 Å². The highest BCUT2D eigenvalue weighted by molar-refractivity contribution is 14.0. The van der Waals surface area contributed by atoms with Gasteiger partial charge in [-0.2, -0.15) is 0 Å². The maximum absolute atomic E-state index is 11.6. The van der Waals surface area contributed by atoms with Crippen molar-refractivity contribution in [3.63, 3.8) is 0 Å². The summed E-state index contributed by atoms with van der Waals surface area (Å²) in [5.74, 6) is 0.667. The molecule has 24 heavy (non-hydrogen) atoms. The molecule has 0 fully saturated rings. The van der Waals surface area contributed by atoms with Gasteiger partial charge in [0.2, 0.25) is 0 Å². The predicted octanol–water partition coefficient (Wildman–Crippen LogP) is 2.11. The average Bonchev–Trinajstić information content (AvgIpc) is 2.46. The number of guanidine groups is 1. The highest BCUT2D eigenvalue weighted by Crippen LogP contribution is 2.16. The monoisotopic (exact) mass is 469 g/mol. The summed E-state index contributed by atoms with van der Waals surface area (Å²) in [6.45, 7) is 6.95. The van der Waals surface area contributed by atoms with E-state index in [-0.39, 0.29) is 29.6 Å². The normalized spacial score (nSPS) is 12.5. The van der Waals surface area contributed by atoms with E-state index in [1.807, 2.05) is 26.0 Å². The van der Waals surface area contributed by atoms with Crippen LogP contribution in [0.5, 0.6) is 0 Å². The molecule has 0 radical (unpaired) electrons. The number of methoxy groups -OCH3 is 1. The molecule has 1 aromatic rings. The zero-order valence-corrected chi connectivity index (χ0v) is 18.3. The van der Waals surface area contributed by atoms with Gasteiger partial charge in [0.15, 0.2) is 15.8 Å². The number of ether oxygens (including phenoxy) is 1. The Morgan fingerprint density at radius 3 is 2.38 bits per heavy atom. The fraction of sp³-hybridized carbons (Fsp3) is 0.562. The maximum Gasteiger partial charge on any atom is 0.191 e. The highest BCUT2D eigenvalue weighted by atomic mass is 127. The van der Waals surface area contributed by atoms with E-state index in [2.05, 4.69) is 15.6 Å². The fourth-order valence-electron chi connectivity index (χ4n) is 2.01. The van der Waals surface area contributed by atoms with E-state index in [4.69, 9.17) is 4.74 Å². The Bertz CT molecular complexity index is 673. The second-order valence-corrected chi connectivity index (χ2v) is 8.10. The van der Waals surface area contributed by atoms with Gasteiger partial charge in [-0.25, -0.2) is 8.42 Å². The van der Waals surface area contributed by atoms with Crippen LogP contribution in [0.15, 0.2) is 28.1 Å². The van der Waals surface area contributed by atoms with Crippen molar-refractivity contribution in [3.8, 4) is 0 Å². The smallest absolute Gasteiger partial charge is 0.191 e. The topological polar surface area (TPSA) is 79.8 Å². The number of benzene rings is 1. The van der Waals surface area contributed by atoms with Crippen molar-refractivity contribution in [1.29, 1.82) is 0 Å². The molecular formula is C16H28IN3O3S. The van der Waals surface area contributed by atoms with Gasteiger partial charge in [-0.3, -0.25) is 4.99 Å². The van der Waals surface area contributed by atoms with E-state index in [9.17, 15) is 8.42 Å². The third kappa shape index (κ3) is 7.35. The molecule has 0 saturated heterocycles. The van der Waals surface area contributed by atoms with Crippen LogP contribution in [0.3, 0.4) is 0 Å². The van der Waals surface area contributed by atoms with Crippen molar-refractivity contribution in [2.75, 3.05) is 27.0 Å². The average molecular weight is 469 g/mol. The van der Waals surface area contributed by atoms with Gasteiger partial charge in [-0.1, -0.05) is 12.1 Å². The van der Waals surface area contributed by atoms with Crippen LogP contribution >= 0.6 is 24.0 Å². The summed E-state index contributed by atoms with van der Waals surface area (Å²) in [6.07, 6.45) is 1.22. The summed E-state index contributed by atoms with van der Waals surface area (Å²) in [6, 6.07) is 5.32. The number of aryl methyl sites for hydroxylation is 1. The maximum atomic E-state index is 11.6. The van der Waals surface area contributed by atoms with Crippen molar-refractivity contribution in [3.05, 3.63) is 29.3 Å². The molecule has 0 aliphatic heterocycles. The van der Waals surface area contributed by atoms with Gasteiger partial charge in [-0.15, -0.1) is 24.0 Å². The second-order valence-electron chi connectivity index (χ2n) is 6.12. The summed E-state index contributed by atoms with van der Waals surface area (Å²) < 4.78 is 28.6. The molecule has 0 spiro atoms. The Hall–Kier alpha value is -0.870. The van der Waals surface area contributed by atoms with E-state index in [0.29, 0.717) is 23.9 Å². The number of hydrogen-bond donors (Lipinski definition) is 2. The third-order valence-electron chi connectivity index (χ3n) is 3.56. The lowest BCUT2D eigenvalue weighted by Gasteiger charge is -2.24. The molecule has 0 heterocycles. The number of hydrogen-bond acceptors (Lipinski definition) is 4. The van der Waals surface area contributed by atoms with Crippen LogP contribution in [0.25, 0.3) is 0 Å². The zero-order valence-electron chi connectivity index (χ0n) is 15.1. The number of nitrogens with one attached hydrogen (secondary N) is 2. The lowest BCUT2D eigenvalue weighted by molar-refractivity contribution is 0.0268. The van der Waals surface area contributed by atoms with Crippen LogP contribution in [0.1, 0.15) is 25.0 Å². The molecule has 1 rings (SSSR count). The first-order valence-electron chi connectivity index (χ1n) is 7.38. The first-order valence-corrected chi connectivity index (χ1v) is 9.27. The van der Waals surface area contributed by atoms with E-state index in [1.54, 1.807) is 27.1 Å². The van der Waals surface area contributed by atoms with Crippen LogP contribution in [0, 0.1) is 6.92 Å². The summed E-state index contributed by atoms with van der Waals surface area (Å²) in [5, 5.41) is 6.40. The minimum atomic E-state index is -3.18. The van der Waals surface area contributed by atoms with Crippen LogP contribution in [-0.4, -0.2) is 46.9 Å². The lowest BCUT2D eigenvalue weighted by Crippen LogP contribution is -2.45. The molecule has 0 amide bonds. The Kier molecular flexibility index (Phi) is 9.22. The quantitative estimate of drug-likeness (QED) is 0.379. The van der Waals surface area contributed by atoms with Crippen LogP contribution < -0.4 is 10.6 Å². The largest absolute Gasteiger partial charge is 0.377 e. The van der Waals surface area contributed by atoms with Gasteiger partial charge in [0, 0.05) is 33.5 Å². The molecular weight excluding hydrogens is 441 g/mol. The zero-order chi connectivity index (χ0) is 17.7. The van der Waals surface area contributed by atoms with Crippen molar-refractivity contribution in [2.45, 2.75) is 37.8 Å². The number of aliphatic imine (C=N–C) groups is 1. The first kappa shape index (κ1) is 23.1. The SMILES string of the molecule is CN=C(NCc1ccc(S(C)(=O)=O)c(C)c1)NCC(C)(C)OC.I. The highest BCUT2D eigenvalue weighted by Gasteiger charge is 2.16. The lowest BCUT2D eigenvalue weighted by atomic mass is 10.1. The van der Waals surface area contributed by atoms with Gasteiger partial charge >= 0.3 is 0 Å². The molecule has 2 N–H and O–H groups in total. The van der Waals surface area contributed by atoms with E-state index < -0.39 is 9.84 Å². The fourth-order valence-corrected chi connectivity index (χ4v) is 2.97. The minimum Gasteiger partial charge on any atom is -0.377 e. The summed E-state index contributed by atoms with van der Waals surface area (Å²) in [5.41, 5.74) is 1.45. The Morgan fingerprint density at radius 1 is 1.29 bits per heavy atom. The molecule has 8 heteroatoms. The van der Waals surface area contributed by atoms with Crippen LogP contribution in [0.2, 0.25) is 0 Å². The molecule has 0 aliphatic carbocycles. The molecule has 6 nitrogen and oxygen atoms in total. The van der Waals surface area contributed by atoms with Crippen molar-refractivity contribution < 1.29 is 13.2 Å². The molecule has 0 atom stereocenters. The molecule has 0 saturated carbocycles. The Balaban J connectivity index is 0.00000529. The second kappa shape index (κ2) is 9.57. The molecule has 0 aliphatic rings. The molecule has 1 aromatic carbocycles. The van der Waals surface area contributed by atoms with Gasteiger partial charge in [0.05, 0.1) is 10.5 Å². The molecule has 0 bridgehead atoms. The Morgan fingerprint density at radius 2 is 1.92 bits per heavy atom. The van der Waals surface area contributed by atoms with Gasteiger partial charge in [0.25, 0.3) is 0 Å². The van der Waals surface area contributed by atoms with Gasteiger partial charge in [-0.05, 0) is 38.0 Å². The van der Waals surface area contributed by atoms with Gasteiger partial charge in [0.1, 0.15) is 0 Å².